The van der Waals surface area contributed by atoms with Crippen molar-refractivity contribution in [3.63, 3.8) is 0 Å². The molecule has 5 heavy (non-hydrogen) atoms. The second kappa shape index (κ2) is 29.4. The van der Waals surface area contributed by atoms with Crippen molar-refractivity contribution >= 4 is 17.4 Å². The Bertz CT molecular complexity index is 11.6. The van der Waals surface area contributed by atoms with Gasteiger partial charge < -0.3 is 0 Å². The van der Waals surface area contributed by atoms with Gasteiger partial charge in [0.25, 0.3) is 0 Å². The van der Waals surface area contributed by atoms with Gasteiger partial charge in [-0.1, -0.05) is 0 Å². The first-order valence-electron chi connectivity index (χ1n) is 0. The summed E-state index contributed by atoms with van der Waals surface area (Å²) in [4.78, 5) is 0. The third-order valence-electron chi connectivity index (χ3n) is 0. The normalized spacial score (nSPS) is 0. The predicted octanol–water partition coefficient (Wildman–Crippen LogP) is -0.391. The second-order valence-corrected chi connectivity index (χ2v) is 0. The van der Waals surface area contributed by atoms with Crippen LogP contribution in [0.5, 0.6) is 0 Å². The first kappa shape index (κ1) is 46.5. The summed E-state index contributed by atoms with van der Waals surface area (Å²) >= 11 is 0. The molecule has 0 atom stereocenters. The van der Waals surface area contributed by atoms with Crippen molar-refractivity contribution in [3.05, 3.63) is 0 Å². The first-order valence-corrected chi connectivity index (χ1v) is 0. The third-order valence-corrected chi connectivity index (χ3v) is 0. The zero-order valence-electron chi connectivity index (χ0n) is 2.06. The number of rotatable bonds is 0. The van der Waals surface area contributed by atoms with Crippen LogP contribution in [0.25, 0.3) is 0 Å². The monoisotopic (exact) mass is 291 g/mol. The zero-order valence-corrected chi connectivity index (χ0v) is 8.59. The van der Waals surface area contributed by atoms with Gasteiger partial charge in [-0.05, 0) is 0 Å². The maximum Gasteiger partial charge on any atom is 0 e. The van der Waals surface area contributed by atoms with Gasteiger partial charge in [-0.25, -0.2) is 0 Å². The third kappa shape index (κ3) is 20.1. The molecule has 3 radical (unpaired) electrons. The minimum absolute atomic E-state index is 0. The van der Waals surface area contributed by atoms with E-state index >= 15 is 0 Å². The van der Waals surface area contributed by atoms with Gasteiger partial charge in [0, 0.05) is 89.3 Å². The summed E-state index contributed by atoms with van der Waals surface area (Å²) in [5, 5.41) is 0. The van der Waals surface area contributed by atoms with E-state index in [0.717, 1.165) is 0 Å². The molecular weight excluding hydrogens is 289 g/mol. The molecule has 0 bridgehead atoms. The van der Waals surface area contributed by atoms with Crippen LogP contribution in [0.1, 0.15) is 0 Å². The van der Waals surface area contributed by atoms with Crippen LogP contribution in [-0.2, 0) is 72.0 Å². The van der Waals surface area contributed by atoms with Gasteiger partial charge in [-0.2, -0.15) is 0 Å². The maximum atomic E-state index is 0. The summed E-state index contributed by atoms with van der Waals surface area (Å²) in [6.07, 6.45) is 0. The van der Waals surface area contributed by atoms with Gasteiger partial charge >= 0.3 is 0 Å². The van der Waals surface area contributed by atoms with Crippen molar-refractivity contribution in [1.29, 1.82) is 0 Å². The number of hydrogen-bond donors (Lipinski definition) is 0. The molecule has 0 rings (SSSR count). The van der Waals surface area contributed by atoms with E-state index in [2.05, 4.69) is 0 Å². The Labute approximate surface area is 88.1 Å². The molecule has 0 aliphatic carbocycles. The molecule has 0 spiro atoms. The molecule has 0 fully saturated rings. The van der Waals surface area contributed by atoms with E-state index in [0.29, 0.717) is 0 Å². The Morgan fingerprint density at radius 1 is 1.00 bits per heavy atom. The van der Waals surface area contributed by atoms with Gasteiger partial charge in [0.2, 0.25) is 0 Å². The fourth-order valence-corrected chi connectivity index (χ4v) is 0. The van der Waals surface area contributed by atoms with Gasteiger partial charge in [0.1, 0.15) is 0 Å². The largest absolute Gasteiger partial charge is 0 e. The molecule has 0 aliphatic heterocycles. The summed E-state index contributed by atoms with van der Waals surface area (Å²) in [7, 11) is 0. The van der Waals surface area contributed by atoms with Crippen LogP contribution in [0.15, 0.2) is 0 Å². The van der Waals surface area contributed by atoms with Crippen molar-refractivity contribution in [2.75, 3.05) is 0 Å². The SMILES string of the molecule is [Al].[Cr].[Fe].[Mo].[Ni]. The van der Waals surface area contributed by atoms with E-state index in [4.69, 9.17) is 0 Å². The van der Waals surface area contributed by atoms with Crippen LogP contribution in [0, 0.1) is 0 Å². The minimum atomic E-state index is 0. The molecule has 0 saturated carbocycles. The van der Waals surface area contributed by atoms with Crippen LogP contribution in [0.3, 0.4) is 0 Å². The maximum absolute atomic E-state index is 0. The summed E-state index contributed by atoms with van der Waals surface area (Å²) < 4.78 is 0. The van der Waals surface area contributed by atoms with Crippen molar-refractivity contribution in [2.45, 2.75) is 0 Å². The molecule has 0 saturated heterocycles. The fraction of sp³-hybridized carbons (Fsp3) is 0. The van der Waals surface area contributed by atoms with Crippen LogP contribution in [0.4, 0.5) is 0 Å². The summed E-state index contributed by atoms with van der Waals surface area (Å²) in [6.45, 7) is 0. The van der Waals surface area contributed by atoms with Crippen LogP contribution in [0.2, 0.25) is 0 Å². The molecular formula is AlCrFeMoNi. The smallest absolute Gasteiger partial charge is 0 e. The van der Waals surface area contributed by atoms with Gasteiger partial charge in [-0.15, -0.1) is 0 Å². The quantitative estimate of drug-likeness (QED) is 0.533. The average Bonchev–Trinajstić information content (AvgIpc) is 0. The minimum Gasteiger partial charge on any atom is 0 e. The number of hydrogen-bond acceptors (Lipinski definition) is 0. The van der Waals surface area contributed by atoms with Gasteiger partial charge in [-0.3, -0.25) is 0 Å². The van der Waals surface area contributed by atoms with E-state index in [1.165, 1.54) is 0 Å². The van der Waals surface area contributed by atoms with E-state index in [-0.39, 0.29) is 89.3 Å². The molecule has 5 heteroatoms. The molecule has 0 unspecified atom stereocenters. The second-order valence-electron chi connectivity index (χ2n) is 0. The van der Waals surface area contributed by atoms with Crippen molar-refractivity contribution in [3.8, 4) is 0 Å². The Hall–Kier alpha value is 2.77. The molecule has 0 aromatic heterocycles. The molecule has 0 aromatic rings. The van der Waals surface area contributed by atoms with E-state index in [9.17, 15) is 0 Å². The van der Waals surface area contributed by atoms with Crippen LogP contribution >= 0.6 is 0 Å². The predicted molar refractivity (Wildman–Crippen MR) is 5.75 cm³/mol. The fourth-order valence-electron chi connectivity index (χ4n) is 0. The van der Waals surface area contributed by atoms with Gasteiger partial charge in [0.05, 0.1) is 0 Å². The van der Waals surface area contributed by atoms with Gasteiger partial charge in [0.15, 0.2) is 0 Å². The average molecular weight is 289 g/mol. The standard InChI is InChI=1S/Al.Cr.Fe.Mo.Ni. The van der Waals surface area contributed by atoms with Crippen molar-refractivity contribution < 1.29 is 72.0 Å². The van der Waals surface area contributed by atoms with E-state index < -0.39 is 0 Å². The van der Waals surface area contributed by atoms with Crippen LogP contribution in [-0.4, -0.2) is 17.4 Å². The molecule has 0 nitrogen and oxygen atoms in total. The molecule has 33 valence electrons. The van der Waals surface area contributed by atoms with Crippen molar-refractivity contribution in [1.82, 2.24) is 0 Å². The van der Waals surface area contributed by atoms with Crippen LogP contribution < -0.4 is 0 Å². The van der Waals surface area contributed by atoms with E-state index in [1.807, 2.05) is 0 Å². The summed E-state index contributed by atoms with van der Waals surface area (Å²) in [5.41, 5.74) is 0. The Kier molecular flexibility index (Phi) is 273. The molecule has 0 amide bonds. The van der Waals surface area contributed by atoms with E-state index in [1.54, 1.807) is 0 Å². The van der Waals surface area contributed by atoms with Crippen molar-refractivity contribution in [2.24, 2.45) is 0 Å². The Morgan fingerprint density at radius 2 is 1.00 bits per heavy atom. The topological polar surface area (TPSA) is 0 Å². The first-order chi connectivity index (χ1) is 0. The molecule has 0 N–H and O–H groups in total. The zero-order chi connectivity index (χ0) is 0. The Morgan fingerprint density at radius 3 is 1.00 bits per heavy atom. The molecule has 0 aromatic carbocycles. The Balaban J connectivity index is 0. The molecule has 0 aliphatic rings. The molecule has 0 heterocycles. The summed E-state index contributed by atoms with van der Waals surface area (Å²) in [5.74, 6) is 0. The summed E-state index contributed by atoms with van der Waals surface area (Å²) in [6, 6.07) is 0.